The van der Waals surface area contributed by atoms with Crippen LogP contribution in [0.25, 0.3) is 5.57 Å². The first-order chi connectivity index (χ1) is 16.4. The maximum Gasteiger partial charge on any atom is 0.335 e. The van der Waals surface area contributed by atoms with E-state index in [2.05, 4.69) is 58.6 Å². The number of fused-ring (bicyclic) bond motifs is 1. The summed E-state index contributed by atoms with van der Waals surface area (Å²) >= 11 is 0. The highest BCUT2D eigenvalue weighted by Crippen LogP contribution is 2.47. The van der Waals surface area contributed by atoms with Gasteiger partial charge in [-0.1, -0.05) is 64.6 Å². The number of amides is 1. The van der Waals surface area contributed by atoms with Gasteiger partial charge in [0.1, 0.15) is 0 Å². The molecule has 4 nitrogen and oxygen atoms in total. The third kappa shape index (κ3) is 4.79. The lowest BCUT2D eigenvalue weighted by Crippen LogP contribution is -2.34. The number of carboxylic acids is 1. The fourth-order valence-corrected chi connectivity index (χ4v) is 4.96. The molecule has 180 valence electrons. The highest BCUT2D eigenvalue weighted by molar-refractivity contribution is 6.05. The Kier molecular flexibility index (Phi) is 6.18. The summed E-state index contributed by atoms with van der Waals surface area (Å²) in [6.07, 6.45) is 2.33. The van der Waals surface area contributed by atoms with Crippen molar-refractivity contribution in [3.8, 4) is 0 Å². The van der Waals surface area contributed by atoms with E-state index in [0.717, 1.165) is 23.1 Å². The summed E-state index contributed by atoms with van der Waals surface area (Å²) < 4.78 is 0. The van der Waals surface area contributed by atoms with E-state index in [1.165, 1.54) is 35.2 Å². The Morgan fingerprint density at radius 1 is 0.829 bits per heavy atom. The van der Waals surface area contributed by atoms with E-state index in [1.54, 1.807) is 24.3 Å². The van der Waals surface area contributed by atoms with E-state index in [4.69, 9.17) is 5.11 Å². The SMILES string of the molecule is C=C(c1ccc(C(=O)Nc2cccc(C(=O)O)c2)cc1)c1cc2c(cc1C)C(C)(C)CCC2(C)C. The van der Waals surface area contributed by atoms with Gasteiger partial charge in [0.15, 0.2) is 0 Å². The number of nitrogens with one attached hydrogen (secondary N) is 1. The fourth-order valence-electron chi connectivity index (χ4n) is 4.96. The summed E-state index contributed by atoms with van der Waals surface area (Å²) in [5.41, 5.74) is 8.42. The summed E-state index contributed by atoms with van der Waals surface area (Å²) in [7, 11) is 0. The number of carbonyl (C=O) groups is 2. The van der Waals surface area contributed by atoms with Crippen LogP contribution in [0.5, 0.6) is 0 Å². The second-order valence-electron chi connectivity index (χ2n) is 10.9. The van der Waals surface area contributed by atoms with Crippen LogP contribution in [0.15, 0.2) is 67.2 Å². The third-order valence-electron chi connectivity index (χ3n) is 7.39. The second-order valence-corrected chi connectivity index (χ2v) is 10.9. The van der Waals surface area contributed by atoms with Gasteiger partial charge in [0.05, 0.1) is 5.56 Å². The zero-order chi connectivity index (χ0) is 25.5. The van der Waals surface area contributed by atoms with Gasteiger partial charge in [-0.25, -0.2) is 4.79 Å². The molecule has 0 heterocycles. The summed E-state index contributed by atoms with van der Waals surface area (Å²) in [5.74, 6) is -1.33. The molecule has 0 spiro atoms. The number of hydrogen-bond acceptors (Lipinski definition) is 2. The number of benzene rings is 3. The van der Waals surface area contributed by atoms with Gasteiger partial charge in [0.2, 0.25) is 0 Å². The molecule has 3 aromatic carbocycles. The normalized spacial score (nSPS) is 15.7. The Morgan fingerprint density at radius 2 is 1.40 bits per heavy atom. The Bertz CT molecular complexity index is 1330. The monoisotopic (exact) mass is 467 g/mol. The lowest BCUT2D eigenvalue weighted by atomic mass is 9.62. The van der Waals surface area contributed by atoms with Crippen molar-refractivity contribution in [3.63, 3.8) is 0 Å². The molecule has 4 rings (SSSR count). The molecule has 0 unspecified atom stereocenters. The molecule has 0 fully saturated rings. The van der Waals surface area contributed by atoms with Crippen LogP contribution in [0.1, 0.15) is 89.1 Å². The summed E-state index contributed by atoms with van der Waals surface area (Å²) in [6, 6.07) is 18.2. The Balaban J connectivity index is 1.58. The van der Waals surface area contributed by atoms with Crippen LogP contribution in [-0.2, 0) is 10.8 Å². The minimum atomic E-state index is -1.03. The van der Waals surface area contributed by atoms with Crippen molar-refractivity contribution in [3.05, 3.63) is 106 Å². The lowest BCUT2D eigenvalue weighted by Gasteiger charge is -2.42. The van der Waals surface area contributed by atoms with Crippen LogP contribution < -0.4 is 5.32 Å². The molecule has 0 saturated heterocycles. The van der Waals surface area contributed by atoms with Crippen molar-refractivity contribution in [2.45, 2.75) is 58.3 Å². The van der Waals surface area contributed by atoms with E-state index >= 15 is 0 Å². The van der Waals surface area contributed by atoms with Crippen molar-refractivity contribution >= 4 is 23.1 Å². The average Bonchev–Trinajstić information content (AvgIpc) is 2.81. The van der Waals surface area contributed by atoms with Gasteiger partial charge in [-0.2, -0.15) is 0 Å². The van der Waals surface area contributed by atoms with Gasteiger partial charge < -0.3 is 10.4 Å². The maximum atomic E-state index is 12.7. The van der Waals surface area contributed by atoms with E-state index in [0.29, 0.717) is 11.3 Å². The fraction of sp³-hybridized carbons (Fsp3) is 0.290. The van der Waals surface area contributed by atoms with E-state index < -0.39 is 5.97 Å². The van der Waals surface area contributed by atoms with Crippen LogP contribution in [0, 0.1) is 6.92 Å². The van der Waals surface area contributed by atoms with Crippen molar-refractivity contribution in [2.75, 3.05) is 5.32 Å². The van der Waals surface area contributed by atoms with Crippen molar-refractivity contribution in [1.29, 1.82) is 0 Å². The van der Waals surface area contributed by atoms with Gasteiger partial charge in [-0.3, -0.25) is 4.79 Å². The number of aromatic carboxylic acids is 1. The first kappa shape index (κ1) is 24.5. The quantitative estimate of drug-likeness (QED) is 0.412. The lowest BCUT2D eigenvalue weighted by molar-refractivity contribution is 0.0696. The maximum absolute atomic E-state index is 12.7. The van der Waals surface area contributed by atoms with E-state index in [-0.39, 0.29) is 22.3 Å². The molecule has 0 aromatic heterocycles. The molecule has 1 amide bonds. The van der Waals surface area contributed by atoms with Crippen LogP contribution in [0.2, 0.25) is 0 Å². The molecule has 1 aliphatic carbocycles. The summed E-state index contributed by atoms with van der Waals surface area (Å²) in [5, 5.41) is 11.9. The summed E-state index contributed by atoms with van der Waals surface area (Å²) in [4.78, 5) is 23.9. The van der Waals surface area contributed by atoms with E-state index in [1.807, 2.05) is 12.1 Å². The minimum Gasteiger partial charge on any atom is -0.478 e. The molecule has 2 N–H and O–H groups in total. The standard InChI is InChI=1S/C31H33NO3/c1-19-16-26-27(31(5,6)15-14-30(26,3)4)18-25(19)20(2)21-10-12-22(13-11-21)28(33)32-24-9-7-8-23(17-24)29(34)35/h7-13,16-18H,2,14-15H2,1,3-6H3,(H,32,33)(H,34,35). The van der Waals surface area contributed by atoms with Gasteiger partial charge in [-0.15, -0.1) is 0 Å². The number of hydrogen-bond donors (Lipinski definition) is 2. The molecule has 0 atom stereocenters. The van der Waals surface area contributed by atoms with Crippen molar-refractivity contribution in [2.24, 2.45) is 0 Å². The van der Waals surface area contributed by atoms with Crippen molar-refractivity contribution < 1.29 is 14.7 Å². The summed E-state index contributed by atoms with van der Waals surface area (Å²) in [6.45, 7) is 15.8. The topological polar surface area (TPSA) is 66.4 Å². The molecule has 0 bridgehead atoms. The Morgan fingerprint density at radius 3 is 2.00 bits per heavy atom. The highest BCUT2D eigenvalue weighted by Gasteiger charge is 2.37. The van der Waals surface area contributed by atoms with Crippen molar-refractivity contribution in [1.82, 2.24) is 0 Å². The minimum absolute atomic E-state index is 0.119. The highest BCUT2D eigenvalue weighted by atomic mass is 16.4. The Hall–Kier alpha value is -3.66. The molecule has 0 saturated carbocycles. The average molecular weight is 468 g/mol. The van der Waals surface area contributed by atoms with Gasteiger partial charge in [-0.05, 0) is 94.3 Å². The molecular weight excluding hydrogens is 434 g/mol. The van der Waals surface area contributed by atoms with Crippen LogP contribution in [0.3, 0.4) is 0 Å². The first-order valence-electron chi connectivity index (χ1n) is 12.0. The smallest absolute Gasteiger partial charge is 0.335 e. The zero-order valence-corrected chi connectivity index (χ0v) is 21.2. The first-order valence-corrected chi connectivity index (χ1v) is 12.0. The number of carbonyl (C=O) groups excluding carboxylic acids is 1. The molecule has 1 aliphatic rings. The van der Waals surface area contributed by atoms with Gasteiger partial charge in [0, 0.05) is 11.3 Å². The van der Waals surface area contributed by atoms with Crippen LogP contribution >= 0.6 is 0 Å². The van der Waals surface area contributed by atoms with E-state index in [9.17, 15) is 9.59 Å². The second kappa shape index (κ2) is 8.84. The van der Waals surface area contributed by atoms with Crippen LogP contribution in [0.4, 0.5) is 5.69 Å². The predicted octanol–water partition coefficient (Wildman–Crippen LogP) is 7.36. The molecule has 3 aromatic rings. The molecule has 0 aliphatic heterocycles. The third-order valence-corrected chi connectivity index (χ3v) is 7.39. The number of rotatable bonds is 5. The molecule has 35 heavy (non-hydrogen) atoms. The molecule has 4 heteroatoms. The number of carboxylic acid groups (broad SMARTS) is 1. The molecular formula is C31H33NO3. The zero-order valence-electron chi connectivity index (χ0n) is 21.2. The van der Waals surface area contributed by atoms with Gasteiger partial charge >= 0.3 is 5.97 Å². The largest absolute Gasteiger partial charge is 0.478 e. The predicted molar refractivity (Wildman–Crippen MR) is 142 cm³/mol. The van der Waals surface area contributed by atoms with Crippen LogP contribution in [-0.4, -0.2) is 17.0 Å². The van der Waals surface area contributed by atoms with Gasteiger partial charge in [0.25, 0.3) is 5.91 Å². The number of aryl methyl sites for hydroxylation is 1. The molecule has 0 radical (unpaired) electrons. The number of anilines is 1. The Labute approximate surface area is 207 Å².